The second-order valence-electron chi connectivity index (χ2n) is 11.1. The molecule has 37 heavy (non-hydrogen) atoms. The summed E-state index contributed by atoms with van der Waals surface area (Å²) in [6.07, 6.45) is 26.4. The van der Waals surface area contributed by atoms with Gasteiger partial charge in [-0.3, -0.25) is 4.79 Å². The van der Waals surface area contributed by atoms with Crippen molar-refractivity contribution in [1.29, 1.82) is 0 Å². The quantitative estimate of drug-likeness (QED) is 0.122. The van der Waals surface area contributed by atoms with Crippen LogP contribution in [0.25, 0.3) is 11.4 Å². The van der Waals surface area contributed by atoms with Gasteiger partial charge in [0.1, 0.15) is 5.75 Å². The van der Waals surface area contributed by atoms with Crippen LogP contribution < -0.4 is 4.74 Å². The number of carbonyl (C=O) groups is 1. The highest BCUT2D eigenvalue weighted by atomic mass is 16.5. The average molecular weight is 507 g/mol. The van der Waals surface area contributed by atoms with Gasteiger partial charge in [-0.05, 0) is 62.1 Å². The second-order valence-corrected chi connectivity index (χ2v) is 11.1. The van der Waals surface area contributed by atoms with Crippen molar-refractivity contribution in [3.05, 3.63) is 42.2 Å². The number of esters is 1. The van der Waals surface area contributed by atoms with Crippen molar-refractivity contribution in [2.45, 2.75) is 129 Å². The fourth-order valence-corrected chi connectivity index (χ4v) is 5.55. The van der Waals surface area contributed by atoms with Gasteiger partial charge in [-0.1, -0.05) is 103 Å². The standard InChI is InChI=1S/C33H50N2O2/c1-3-5-7-8-9-10-11-12-13-14-18-28-25-34-32(35-26-28)30-19-15-16-20-31(30)37-33(36)29-23-21-27(22-24-29)17-6-4-2/h15-16,19-20,25-27,29H,3-14,17-18,21-24H2,1-2H3. The maximum Gasteiger partial charge on any atom is 0.314 e. The SMILES string of the molecule is CCCCCCCCCCCCc1cnc(-c2ccccc2OC(=O)C2CCC(CCCC)CC2)nc1. The van der Waals surface area contributed by atoms with Gasteiger partial charge in [0, 0.05) is 12.4 Å². The molecular weight excluding hydrogens is 456 g/mol. The largest absolute Gasteiger partial charge is 0.426 e. The third-order valence-electron chi connectivity index (χ3n) is 8.01. The van der Waals surface area contributed by atoms with Crippen LogP contribution in [0.5, 0.6) is 5.75 Å². The Morgan fingerprint density at radius 3 is 2.03 bits per heavy atom. The Morgan fingerprint density at radius 1 is 0.784 bits per heavy atom. The van der Waals surface area contributed by atoms with Crippen LogP contribution >= 0.6 is 0 Å². The van der Waals surface area contributed by atoms with E-state index in [9.17, 15) is 4.79 Å². The van der Waals surface area contributed by atoms with Crippen molar-refractivity contribution in [1.82, 2.24) is 9.97 Å². The molecular formula is C33H50N2O2. The number of nitrogens with zero attached hydrogens (tertiary/aromatic N) is 2. The number of para-hydroxylation sites is 1. The highest BCUT2D eigenvalue weighted by molar-refractivity contribution is 5.78. The number of rotatable bonds is 17. The summed E-state index contributed by atoms with van der Waals surface area (Å²) in [6.45, 7) is 4.52. The highest BCUT2D eigenvalue weighted by Gasteiger charge is 2.28. The maximum atomic E-state index is 12.9. The molecule has 2 aromatic rings. The van der Waals surface area contributed by atoms with E-state index in [0.717, 1.165) is 43.6 Å². The first kappa shape index (κ1) is 29.3. The minimum atomic E-state index is -0.0982. The molecule has 0 atom stereocenters. The number of ether oxygens (including phenoxy) is 1. The van der Waals surface area contributed by atoms with E-state index in [1.54, 1.807) is 0 Å². The molecule has 0 saturated heterocycles. The molecule has 1 aromatic carbocycles. The van der Waals surface area contributed by atoms with Crippen LogP contribution in [-0.4, -0.2) is 15.9 Å². The summed E-state index contributed by atoms with van der Waals surface area (Å²) in [5, 5.41) is 0. The van der Waals surface area contributed by atoms with Crippen molar-refractivity contribution in [3.8, 4) is 17.1 Å². The van der Waals surface area contributed by atoms with Crippen LogP contribution in [0.1, 0.15) is 129 Å². The van der Waals surface area contributed by atoms with Gasteiger partial charge < -0.3 is 4.74 Å². The number of aromatic nitrogens is 2. The molecule has 1 aromatic heterocycles. The lowest BCUT2D eigenvalue weighted by molar-refractivity contribution is -0.140. The number of aryl methyl sites for hydroxylation is 1. The highest BCUT2D eigenvalue weighted by Crippen LogP contribution is 2.34. The molecule has 1 aliphatic rings. The monoisotopic (exact) mass is 506 g/mol. The van der Waals surface area contributed by atoms with Crippen LogP contribution in [0.4, 0.5) is 0 Å². The van der Waals surface area contributed by atoms with E-state index in [1.165, 1.54) is 89.0 Å². The summed E-state index contributed by atoms with van der Waals surface area (Å²) < 4.78 is 5.91. The average Bonchev–Trinajstić information content (AvgIpc) is 2.94. The number of unbranched alkanes of at least 4 members (excludes halogenated alkanes) is 10. The molecule has 1 fully saturated rings. The van der Waals surface area contributed by atoms with Crippen molar-refractivity contribution >= 4 is 5.97 Å². The fraction of sp³-hybridized carbons (Fsp3) is 0.667. The summed E-state index contributed by atoms with van der Waals surface area (Å²) >= 11 is 0. The molecule has 1 saturated carbocycles. The van der Waals surface area contributed by atoms with E-state index in [-0.39, 0.29) is 11.9 Å². The van der Waals surface area contributed by atoms with Crippen LogP contribution in [-0.2, 0) is 11.2 Å². The Kier molecular flexibility index (Phi) is 13.7. The molecule has 0 amide bonds. The first-order valence-electron chi connectivity index (χ1n) is 15.3. The molecule has 1 heterocycles. The van der Waals surface area contributed by atoms with E-state index in [4.69, 9.17) is 4.74 Å². The maximum absolute atomic E-state index is 12.9. The third-order valence-corrected chi connectivity index (χ3v) is 8.01. The Morgan fingerprint density at radius 2 is 1.38 bits per heavy atom. The second kappa shape index (κ2) is 17.3. The molecule has 0 aliphatic heterocycles. The number of hydrogen-bond donors (Lipinski definition) is 0. The summed E-state index contributed by atoms with van der Waals surface area (Å²) in [5.74, 6) is 1.89. The van der Waals surface area contributed by atoms with Crippen LogP contribution in [0, 0.1) is 11.8 Å². The van der Waals surface area contributed by atoms with E-state index < -0.39 is 0 Å². The molecule has 0 spiro atoms. The first-order chi connectivity index (χ1) is 18.2. The predicted octanol–water partition coefficient (Wildman–Crippen LogP) is 9.51. The normalized spacial score (nSPS) is 17.6. The summed E-state index contributed by atoms with van der Waals surface area (Å²) in [4.78, 5) is 22.2. The number of benzene rings is 1. The molecule has 3 rings (SSSR count). The topological polar surface area (TPSA) is 52.1 Å². The molecule has 4 heteroatoms. The van der Waals surface area contributed by atoms with Crippen LogP contribution in [0.2, 0.25) is 0 Å². The minimum Gasteiger partial charge on any atom is -0.426 e. The van der Waals surface area contributed by atoms with Gasteiger partial charge in [0.2, 0.25) is 0 Å². The molecule has 0 N–H and O–H groups in total. The lowest BCUT2D eigenvalue weighted by Gasteiger charge is -2.27. The van der Waals surface area contributed by atoms with Gasteiger partial charge in [0.05, 0.1) is 11.5 Å². The van der Waals surface area contributed by atoms with Gasteiger partial charge >= 0.3 is 5.97 Å². The Balaban J connectivity index is 1.41. The molecule has 0 radical (unpaired) electrons. The summed E-state index contributed by atoms with van der Waals surface area (Å²) in [6, 6.07) is 7.67. The minimum absolute atomic E-state index is 0.00952. The van der Waals surface area contributed by atoms with Crippen LogP contribution in [0.15, 0.2) is 36.7 Å². The van der Waals surface area contributed by atoms with Crippen LogP contribution in [0.3, 0.4) is 0 Å². The lowest BCUT2D eigenvalue weighted by Crippen LogP contribution is -2.25. The molecule has 204 valence electrons. The van der Waals surface area contributed by atoms with Gasteiger partial charge in [0.25, 0.3) is 0 Å². The first-order valence-corrected chi connectivity index (χ1v) is 15.3. The third kappa shape index (κ3) is 10.6. The molecule has 1 aliphatic carbocycles. The van der Waals surface area contributed by atoms with Crippen molar-refractivity contribution in [3.63, 3.8) is 0 Å². The number of carbonyl (C=O) groups excluding carboxylic acids is 1. The van der Waals surface area contributed by atoms with E-state index in [2.05, 4.69) is 23.8 Å². The molecule has 0 unspecified atom stereocenters. The Labute approximate surface area is 226 Å². The smallest absolute Gasteiger partial charge is 0.314 e. The van der Waals surface area contributed by atoms with Crippen molar-refractivity contribution in [2.75, 3.05) is 0 Å². The fourth-order valence-electron chi connectivity index (χ4n) is 5.55. The van der Waals surface area contributed by atoms with Crippen molar-refractivity contribution in [2.24, 2.45) is 11.8 Å². The van der Waals surface area contributed by atoms with Gasteiger partial charge in [-0.2, -0.15) is 0 Å². The van der Waals surface area contributed by atoms with E-state index >= 15 is 0 Å². The van der Waals surface area contributed by atoms with E-state index in [1.807, 2.05) is 36.7 Å². The Bertz CT molecular complexity index is 887. The predicted molar refractivity (Wildman–Crippen MR) is 154 cm³/mol. The molecule has 4 nitrogen and oxygen atoms in total. The number of hydrogen-bond acceptors (Lipinski definition) is 4. The zero-order chi connectivity index (χ0) is 26.1. The lowest BCUT2D eigenvalue weighted by atomic mass is 9.80. The van der Waals surface area contributed by atoms with Crippen molar-refractivity contribution < 1.29 is 9.53 Å². The van der Waals surface area contributed by atoms with E-state index in [0.29, 0.717) is 11.6 Å². The van der Waals surface area contributed by atoms with Gasteiger partial charge in [0.15, 0.2) is 5.82 Å². The summed E-state index contributed by atoms with van der Waals surface area (Å²) in [7, 11) is 0. The van der Waals surface area contributed by atoms with Gasteiger partial charge in [-0.15, -0.1) is 0 Å². The Hall–Kier alpha value is -2.23. The zero-order valence-electron chi connectivity index (χ0n) is 23.6. The zero-order valence-corrected chi connectivity index (χ0v) is 23.6. The van der Waals surface area contributed by atoms with Gasteiger partial charge in [-0.25, -0.2) is 9.97 Å². The summed E-state index contributed by atoms with van der Waals surface area (Å²) in [5.41, 5.74) is 1.97. The molecule has 0 bridgehead atoms.